The van der Waals surface area contributed by atoms with E-state index in [-0.39, 0.29) is 17.7 Å². The highest BCUT2D eigenvalue weighted by atomic mass is 32.2. The number of amides is 3. The fourth-order valence-corrected chi connectivity index (χ4v) is 6.62. The second-order valence-electron chi connectivity index (χ2n) is 12.4. The summed E-state index contributed by atoms with van der Waals surface area (Å²) in [5.74, 6) is -0.870. The number of aromatic nitrogens is 1. The van der Waals surface area contributed by atoms with Crippen LogP contribution in [0.4, 0.5) is 0 Å². The van der Waals surface area contributed by atoms with Crippen molar-refractivity contribution in [1.82, 2.24) is 25.8 Å². The summed E-state index contributed by atoms with van der Waals surface area (Å²) < 4.78 is 0. The number of aromatic amines is 1. The first kappa shape index (κ1) is 37.7. The average molecular weight is 686 g/mol. The Morgan fingerprint density at radius 1 is 0.918 bits per heavy atom. The van der Waals surface area contributed by atoms with Gasteiger partial charge in [-0.05, 0) is 80.8 Å². The normalized spacial score (nSPS) is 20.3. The number of likely N-dealkylation sites (N-methyl/N-ethyl adjacent to an activating group) is 1. The van der Waals surface area contributed by atoms with Crippen LogP contribution in [0.2, 0.25) is 0 Å². The molecule has 0 aliphatic carbocycles. The third-order valence-corrected chi connectivity index (χ3v) is 9.65. The molecule has 1 aromatic heterocycles. The summed E-state index contributed by atoms with van der Waals surface area (Å²) in [6.45, 7) is 3.69. The van der Waals surface area contributed by atoms with Gasteiger partial charge in [-0.1, -0.05) is 78.0 Å². The molecule has 2 aromatic carbocycles. The van der Waals surface area contributed by atoms with Crippen molar-refractivity contribution in [2.45, 2.75) is 75.0 Å². The van der Waals surface area contributed by atoms with Crippen molar-refractivity contribution in [3.05, 3.63) is 101 Å². The molecule has 11 heteroatoms. The number of H-pyrrole nitrogens is 1. The standard InChI is InChI=1S/C38H51N7O3S/c1-27-12-10-22-41-37(47)34(24-29-26-42-31-16-5-4-15-30(29)31)45(2)38(48)33(17-7-8-20-39)44-36(46)32(18-9-21-40)43-25-28-14-3-6-19-35(28)49-23-11-13-27/h3-6,10-16,19,23,26,32-34,42-43H,7-9,17-18,20-22,24-25,39-40H2,1-2H3,(H,41,47)(H,44,46)/t32-,33-,34-/m0/s1. The van der Waals surface area contributed by atoms with E-state index < -0.39 is 18.1 Å². The van der Waals surface area contributed by atoms with E-state index in [4.69, 9.17) is 11.5 Å². The molecule has 0 saturated heterocycles. The highest BCUT2D eigenvalue weighted by Gasteiger charge is 2.33. The first-order valence-electron chi connectivity index (χ1n) is 17.1. The molecular formula is C38H51N7O3S. The van der Waals surface area contributed by atoms with E-state index in [0.717, 1.165) is 32.5 Å². The number of carbonyl (C=O) groups excluding carboxylic acids is 3. The fraction of sp³-hybridized carbons (Fsp3) is 0.395. The summed E-state index contributed by atoms with van der Waals surface area (Å²) in [6, 6.07) is 13.8. The van der Waals surface area contributed by atoms with Gasteiger partial charge in [-0.2, -0.15) is 0 Å². The number of allylic oxidation sites excluding steroid dienone is 4. The lowest BCUT2D eigenvalue weighted by Gasteiger charge is -2.32. The van der Waals surface area contributed by atoms with E-state index in [1.165, 1.54) is 4.90 Å². The van der Waals surface area contributed by atoms with Crippen molar-refractivity contribution in [3.63, 3.8) is 0 Å². The Hall–Kier alpha value is -4.16. The van der Waals surface area contributed by atoms with Gasteiger partial charge >= 0.3 is 0 Å². The Labute approximate surface area is 294 Å². The molecule has 0 fully saturated rings. The molecule has 0 radical (unpaired) electrons. The zero-order valence-electron chi connectivity index (χ0n) is 28.6. The Balaban J connectivity index is 1.68. The Morgan fingerprint density at radius 3 is 2.49 bits per heavy atom. The Kier molecular flexibility index (Phi) is 15.2. The minimum absolute atomic E-state index is 0.271. The molecule has 262 valence electrons. The van der Waals surface area contributed by atoms with Crippen molar-refractivity contribution in [3.8, 4) is 0 Å². The monoisotopic (exact) mass is 685 g/mol. The third kappa shape index (κ3) is 11.2. The Morgan fingerprint density at radius 2 is 1.67 bits per heavy atom. The number of nitrogens with two attached hydrogens (primary N) is 2. The maximum Gasteiger partial charge on any atom is 0.245 e. The van der Waals surface area contributed by atoms with Crippen LogP contribution in [0.5, 0.6) is 0 Å². The number of thioether (sulfide) groups is 1. The van der Waals surface area contributed by atoms with Crippen LogP contribution in [0.15, 0.2) is 94.9 Å². The van der Waals surface area contributed by atoms with E-state index in [9.17, 15) is 14.4 Å². The number of para-hydroxylation sites is 1. The smallest absolute Gasteiger partial charge is 0.245 e. The van der Waals surface area contributed by atoms with Crippen molar-refractivity contribution in [2.75, 3.05) is 26.7 Å². The molecule has 1 aliphatic heterocycles. The van der Waals surface area contributed by atoms with E-state index in [0.29, 0.717) is 64.7 Å². The zero-order valence-corrected chi connectivity index (χ0v) is 29.4. The van der Waals surface area contributed by atoms with Crippen molar-refractivity contribution < 1.29 is 14.4 Å². The number of nitrogens with one attached hydrogen (secondary N) is 4. The van der Waals surface area contributed by atoms with Crippen LogP contribution in [-0.2, 0) is 27.3 Å². The highest BCUT2D eigenvalue weighted by molar-refractivity contribution is 8.02. The molecule has 4 rings (SSSR count). The van der Waals surface area contributed by atoms with Gasteiger partial charge in [-0.3, -0.25) is 14.4 Å². The molecule has 2 heterocycles. The minimum Gasteiger partial charge on any atom is -0.361 e. The average Bonchev–Trinajstić information content (AvgIpc) is 3.52. The number of rotatable bonds is 9. The summed E-state index contributed by atoms with van der Waals surface area (Å²) in [4.78, 5) is 47.9. The fourth-order valence-electron chi connectivity index (χ4n) is 5.86. The van der Waals surface area contributed by atoms with E-state index in [1.807, 2.05) is 85.3 Å². The predicted octanol–water partition coefficient (Wildman–Crippen LogP) is 4.29. The molecular weight excluding hydrogens is 635 g/mol. The molecule has 8 N–H and O–H groups in total. The van der Waals surface area contributed by atoms with E-state index in [2.05, 4.69) is 27.0 Å². The summed E-state index contributed by atoms with van der Waals surface area (Å²) in [5, 5.41) is 12.5. The zero-order chi connectivity index (χ0) is 35.0. The van der Waals surface area contributed by atoms with Crippen LogP contribution in [0.3, 0.4) is 0 Å². The van der Waals surface area contributed by atoms with Crippen molar-refractivity contribution >= 4 is 40.4 Å². The lowest BCUT2D eigenvalue weighted by molar-refractivity contribution is -0.142. The van der Waals surface area contributed by atoms with Gasteiger partial charge < -0.3 is 37.3 Å². The molecule has 0 spiro atoms. The SMILES string of the molecule is CC1=CC=CSc2ccccc2CN[C@@H](CCCN)C(=O)N[C@@H](CCCCN)C(=O)N(C)[C@@H](Cc2c[nH]c3ccccc23)C(=O)NCC=C1. The second kappa shape index (κ2) is 19.7. The minimum atomic E-state index is -0.834. The lowest BCUT2D eigenvalue weighted by Crippen LogP contribution is -2.57. The maximum absolute atomic E-state index is 14.3. The number of unbranched alkanes of at least 4 members (excludes halogenated alkanes) is 1. The summed E-state index contributed by atoms with van der Waals surface area (Å²) in [5.41, 5.74) is 15.6. The largest absolute Gasteiger partial charge is 0.361 e. The number of carbonyl (C=O) groups is 3. The summed E-state index contributed by atoms with van der Waals surface area (Å²) in [7, 11) is 1.65. The van der Waals surface area contributed by atoms with Crippen molar-refractivity contribution in [2.24, 2.45) is 11.5 Å². The van der Waals surface area contributed by atoms with Crippen LogP contribution in [-0.4, -0.2) is 72.4 Å². The number of fused-ring (bicyclic) bond motifs is 2. The quantitative estimate of drug-likeness (QED) is 0.184. The van der Waals surface area contributed by atoms with Crippen LogP contribution in [0.1, 0.15) is 50.2 Å². The number of hydrogen-bond donors (Lipinski definition) is 6. The topological polar surface area (TPSA) is 158 Å². The predicted molar refractivity (Wildman–Crippen MR) is 200 cm³/mol. The Bertz CT molecular complexity index is 1630. The van der Waals surface area contributed by atoms with Gasteiger partial charge in [0.1, 0.15) is 12.1 Å². The molecule has 0 bridgehead atoms. The van der Waals surface area contributed by atoms with Crippen LogP contribution in [0, 0.1) is 0 Å². The number of nitrogens with zero attached hydrogens (tertiary/aromatic N) is 1. The van der Waals surface area contributed by atoms with Gasteiger partial charge in [0.2, 0.25) is 17.7 Å². The van der Waals surface area contributed by atoms with Crippen LogP contribution >= 0.6 is 11.8 Å². The highest BCUT2D eigenvalue weighted by Crippen LogP contribution is 2.24. The summed E-state index contributed by atoms with van der Waals surface area (Å²) in [6.07, 6.45) is 13.0. The van der Waals surface area contributed by atoms with Crippen molar-refractivity contribution in [1.29, 1.82) is 0 Å². The van der Waals surface area contributed by atoms with E-state index >= 15 is 0 Å². The van der Waals surface area contributed by atoms with Gasteiger partial charge in [-0.25, -0.2) is 0 Å². The maximum atomic E-state index is 14.3. The van der Waals surface area contributed by atoms with Gasteiger partial charge in [-0.15, -0.1) is 0 Å². The molecule has 3 aromatic rings. The summed E-state index contributed by atoms with van der Waals surface area (Å²) >= 11 is 1.61. The van der Waals surface area contributed by atoms with Gasteiger partial charge in [0.05, 0.1) is 6.04 Å². The number of benzene rings is 2. The molecule has 49 heavy (non-hydrogen) atoms. The van der Waals surface area contributed by atoms with Gasteiger partial charge in [0, 0.05) is 48.6 Å². The molecule has 0 saturated carbocycles. The van der Waals surface area contributed by atoms with Gasteiger partial charge in [0.15, 0.2) is 0 Å². The molecule has 0 unspecified atom stereocenters. The first-order chi connectivity index (χ1) is 23.8. The second-order valence-corrected chi connectivity index (χ2v) is 13.3. The lowest BCUT2D eigenvalue weighted by atomic mass is 10.0. The molecule has 3 atom stereocenters. The van der Waals surface area contributed by atoms with E-state index in [1.54, 1.807) is 18.8 Å². The molecule has 3 amide bonds. The van der Waals surface area contributed by atoms with Gasteiger partial charge in [0.25, 0.3) is 0 Å². The number of hydrogen-bond acceptors (Lipinski definition) is 7. The third-order valence-electron chi connectivity index (χ3n) is 8.70. The first-order valence-corrected chi connectivity index (χ1v) is 18.0. The van der Waals surface area contributed by atoms with Crippen LogP contribution in [0.25, 0.3) is 10.9 Å². The molecule has 1 aliphatic rings. The van der Waals surface area contributed by atoms with Crippen LogP contribution < -0.4 is 27.4 Å². The molecule has 10 nitrogen and oxygen atoms in total.